The number of carbonyl (C=O) groups is 2. The zero-order valence-electron chi connectivity index (χ0n) is 15.9. The first-order valence-electron chi connectivity index (χ1n) is 9.18. The summed E-state index contributed by atoms with van der Waals surface area (Å²) in [4.78, 5) is 28.5. The Kier molecular flexibility index (Phi) is 6.72. The second-order valence-electron chi connectivity index (χ2n) is 7.20. The van der Waals surface area contributed by atoms with Crippen molar-refractivity contribution < 1.29 is 14.0 Å². The van der Waals surface area contributed by atoms with Gasteiger partial charge in [0.2, 0.25) is 5.91 Å². The summed E-state index contributed by atoms with van der Waals surface area (Å²) in [5.41, 5.74) is 1.42. The van der Waals surface area contributed by atoms with Gasteiger partial charge in [0, 0.05) is 30.5 Å². The van der Waals surface area contributed by atoms with Crippen molar-refractivity contribution in [2.24, 2.45) is 5.92 Å². The van der Waals surface area contributed by atoms with Gasteiger partial charge in [0.1, 0.15) is 12.0 Å². The van der Waals surface area contributed by atoms with Crippen LogP contribution in [0.25, 0.3) is 0 Å². The van der Waals surface area contributed by atoms with Gasteiger partial charge in [-0.25, -0.2) is 9.37 Å². The molecular formula is C20H21Cl2FN4O2. The van der Waals surface area contributed by atoms with E-state index in [4.69, 9.17) is 23.2 Å². The Balaban J connectivity index is 1.70. The van der Waals surface area contributed by atoms with E-state index < -0.39 is 23.9 Å². The summed E-state index contributed by atoms with van der Waals surface area (Å²) in [5.74, 6) is -1.32. The molecule has 1 heterocycles. The third-order valence-corrected chi connectivity index (χ3v) is 4.96. The van der Waals surface area contributed by atoms with Gasteiger partial charge in [0.15, 0.2) is 0 Å². The van der Waals surface area contributed by atoms with Gasteiger partial charge in [0.05, 0.1) is 21.5 Å². The monoisotopic (exact) mass is 438 g/mol. The first kappa shape index (κ1) is 21.5. The Bertz CT molecular complexity index is 915. The summed E-state index contributed by atoms with van der Waals surface area (Å²) >= 11 is 12.6. The number of rotatable bonds is 7. The van der Waals surface area contributed by atoms with Gasteiger partial charge < -0.3 is 16.0 Å². The van der Waals surface area contributed by atoms with Gasteiger partial charge in [-0.05, 0) is 30.2 Å². The molecule has 0 unspecified atom stereocenters. The van der Waals surface area contributed by atoms with Crippen molar-refractivity contribution >= 4 is 46.5 Å². The molecule has 29 heavy (non-hydrogen) atoms. The van der Waals surface area contributed by atoms with Crippen LogP contribution in [0.3, 0.4) is 0 Å². The van der Waals surface area contributed by atoms with E-state index in [1.807, 2.05) is 13.8 Å². The van der Waals surface area contributed by atoms with Gasteiger partial charge in [-0.1, -0.05) is 37.0 Å². The molecule has 0 saturated heterocycles. The lowest BCUT2D eigenvalue weighted by Crippen LogP contribution is -2.22. The van der Waals surface area contributed by atoms with E-state index in [0.29, 0.717) is 18.3 Å². The number of aromatic nitrogens is 1. The average Bonchev–Trinajstić information content (AvgIpc) is 3.36. The van der Waals surface area contributed by atoms with Crippen LogP contribution in [-0.2, 0) is 11.3 Å². The highest BCUT2D eigenvalue weighted by Crippen LogP contribution is 2.34. The smallest absolute Gasteiger partial charge is 0.258 e. The van der Waals surface area contributed by atoms with Crippen molar-refractivity contribution in [2.75, 3.05) is 10.6 Å². The number of carbonyl (C=O) groups excluding carboxylic acids is 2. The normalized spacial score (nSPS) is 17.9. The predicted octanol–water partition coefficient (Wildman–Crippen LogP) is 4.44. The number of nitrogens with one attached hydrogen (secondary N) is 3. The second-order valence-corrected chi connectivity index (χ2v) is 8.02. The Morgan fingerprint density at radius 1 is 1.21 bits per heavy atom. The third-order valence-electron chi connectivity index (χ3n) is 4.36. The highest BCUT2D eigenvalue weighted by atomic mass is 35.5. The van der Waals surface area contributed by atoms with E-state index in [1.54, 1.807) is 18.2 Å². The molecule has 6 nitrogen and oxygen atoms in total. The van der Waals surface area contributed by atoms with Gasteiger partial charge in [-0.15, -0.1) is 0 Å². The predicted molar refractivity (Wildman–Crippen MR) is 112 cm³/mol. The van der Waals surface area contributed by atoms with Crippen molar-refractivity contribution in [3.63, 3.8) is 0 Å². The molecule has 9 heteroatoms. The van der Waals surface area contributed by atoms with Gasteiger partial charge in [-0.3, -0.25) is 9.59 Å². The molecule has 0 bridgehead atoms. The first-order chi connectivity index (χ1) is 13.7. The summed E-state index contributed by atoms with van der Waals surface area (Å²) in [6, 6.07) is 6.73. The second kappa shape index (κ2) is 9.07. The maximum Gasteiger partial charge on any atom is 0.258 e. The van der Waals surface area contributed by atoms with E-state index in [1.165, 1.54) is 12.3 Å². The molecule has 2 atom stereocenters. The molecule has 0 spiro atoms. The van der Waals surface area contributed by atoms with E-state index in [9.17, 15) is 14.0 Å². The van der Waals surface area contributed by atoms with Crippen LogP contribution in [0.5, 0.6) is 0 Å². The number of hydrogen-bond acceptors (Lipinski definition) is 4. The van der Waals surface area contributed by atoms with Crippen LogP contribution >= 0.6 is 23.2 Å². The molecule has 3 N–H and O–H groups in total. The lowest BCUT2D eigenvalue weighted by Gasteiger charge is -2.13. The number of pyridine rings is 1. The molecule has 1 saturated carbocycles. The fourth-order valence-electron chi connectivity index (χ4n) is 2.69. The van der Waals surface area contributed by atoms with Crippen LogP contribution in [0.1, 0.15) is 36.2 Å². The van der Waals surface area contributed by atoms with Crippen LogP contribution in [0, 0.1) is 5.92 Å². The molecule has 0 aliphatic heterocycles. The van der Waals surface area contributed by atoms with Crippen molar-refractivity contribution in [3.05, 3.63) is 51.6 Å². The SMILES string of the molecule is CC(C)NCc1cc(Cl)c(C(=O)Nc2ccnc(NC(=O)[C@@H]3C[C@@H]3F)c2)c(Cl)c1. The summed E-state index contributed by atoms with van der Waals surface area (Å²) in [6.45, 7) is 4.63. The number of nitrogens with zero attached hydrogens (tertiary/aromatic N) is 1. The summed E-state index contributed by atoms with van der Waals surface area (Å²) in [5, 5.41) is 8.96. The molecule has 2 amide bonds. The van der Waals surface area contributed by atoms with Crippen LogP contribution in [0.2, 0.25) is 10.0 Å². The van der Waals surface area contributed by atoms with Crippen LogP contribution < -0.4 is 16.0 Å². The lowest BCUT2D eigenvalue weighted by molar-refractivity contribution is -0.117. The minimum atomic E-state index is -1.10. The lowest BCUT2D eigenvalue weighted by atomic mass is 10.1. The fourth-order valence-corrected chi connectivity index (χ4v) is 3.39. The molecule has 154 valence electrons. The fraction of sp³-hybridized carbons (Fsp3) is 0.350. The number of anilines is 2. The Hall–Kier alpha value is -2.22. The summed E-state index contributed by atoms with van der Waals surface area (Å²) in [7, 11) is 0. The maximum absolute atomic E-state index is 13.0. The summed E-state index contributed by atoms with van der Waals surface area (Å²) in [6.07, 6.45) is 0.553. The number of amides is 2. The molecule has 1 aromatic heterocycles. The minimum absolute atomic E-state index is 0.155. The van der Waals surface area contributed by atoms with E-state index in [-0.39, 0.29) is 27.8 Å². The molecule has 1 aliphatic rings. The zero-order chi connectivity index (χ0) is 21.1. The highest BCUT2D eigenvalue weighted by Gasteiger charge is 2.43. The standard InChI is InChI=1S/C20H21Cl2FN4O2/c1-10(2)25-9-11-5-14(21)18(15(22)6-11)20(29)26-12-3-4-24-17(7-12)27-19(28)13-8-16(13)23/h3-7,10,13,16,25H,8-9H2,1-2H3,(H2,24,26,27,28,29)/t13-,16+/m1/s1. The van der Waals surface area contributed by atoms with Gasteiger partial charge in [-0.2, -0.15) is 0 Å². The number of hydrogen-bond donors (Lipinski definition) is 3. The molecule has 2 aromatic rings. The maximum atomic E-state index is 13.0. The van der Waals surface area contributed by atoms with E-state index in [2.05, 4.69) is 20.9 Å². The van der Waals surface area contributed by atoms with E-state index >= 15 is 0 Å². The Morgan fingerprint density at radius 2 is 1.86 bits per heavy atom. The Labute approximate surface area is 178 Å². The number of halogens is 3. The molecular weight excluding hydrogens is 418 g/mol. The number of benzene rings is 1. The summed E-state index contributed by atoms with van der Waals surface area (Å²) < 4.78 is 13.0. The largest absolute Gasteiger partial charge is 0.322 e. The van der Waals surface area contributed by atoms with Crippen LogP contribution in [0.15, 0.2) is 30.5 Å². The van der Waals surface area contributed by atoms with Crippen molar-refractivity contribution in [1.29, 1.82) is 0 Å². The first-order valence-corrected chi connectivity index (χ1v) is 9.94. The van der Waals surface area contributed by atoms with Crippen molar-refractivity contribution in [3.8, 4) is 0 Å². The molecule has 1 aliphatic carbocycles. The van der Waals surface area contributed by atoms with Crippen LogP contribution in [-0.4, -0.2) is 29.0 Å². The average molecular weight is 439 g/mol. The van der Waals surface area contributed by atoms with Crippen molar-refractivity contribution in [2.45, 2.75) is 39.0 Å². The number of alkyl halides is 1. The molecule has 1 aromatic carbocycles. The Morgan fingerprint density at radius 3 is 2.45 bits per heavy atom. The molecule has 3 rings (SSSR count). The quantitative estimate of drug-likeness (QED) is 0.596. The molecule has 1 fully saturated rings. The van der Waals surface area contributed by atoms with Crippen LogP contribution in [0.4, 0.5) is 15.9 Å². The zero-order valence-corrected chi connectivity index (χ0v) is 17.4. The third kappa shape index (κ3) is 5.65. The van der Waals surface area contributed by atoms with Gasteiger partial charge in [0.25, 0.3) is 5.91 Å². The minimum Gasteiger partial charge on any atom is -0.322 e. The van der Waals surface area contributed by atoms with Gasteiger partial charge >= 0.3 is 0 Å². The van der Waals surface area contributed by atoms with Crippen molar-refractivity contribution in [1.82, 2.24) is 10.3 Å². The topological polar surface area (TPSA) is 83.1 Å². The highest BCUT2D eigenvalue weighted by molar-refractivity contribution is 6.40. The van der Waals surface area contributed by atoms with E-state index in [0.717, 1.165) is 5.56 Å². The molecule has 0 radical (unpaired) electrons.